The van der Waals surface area contributed by atoms with E-state index in [9.17, 15) is 0 Å². The maximum absolute atomic E-state index is 4.50. The molecule has 2 aromatic rings. The van der Waals surface area contributed by atoms with Gasteiger partial charge in [-0.25, -0.2) is 4.98 Å². The number of H-pyrrole nitrogens is 1. The average molecular weight is 261 g/mol. The zero-order chi connectivity index (χ0) is 12.5. The quantitative estimate of drug-likeness (QED) is 0.918. The molecule has 0 saturated carbocycles. The Morgan fingerprint density at radius 3 is 3.00 bits per heavy atom. The van der Waals surface area contributed by atoms with Crippen LogP contribution >= 0.6 is 11.3 Å². The van der Waals surface area contributed by atoms with E-state index in [1.54, 1.807) is 0 Å². The van der Waals surface area contributed by atoms with E-state index >= 15 is 0 Å². The van der Waals surface area contributed by atoms with Crippen LogP contribution < -0.4 is 0 Å². The first-order valence-corrected chi connectivity index (χ1v) is 7.35. The topological polar surface area (TPSA) is 31.9 Å². The van der Waals surface area contributed by atoms with E-state index in [0.717, 1.165) is 18.1 Å². The maximum Gasteiger partial charge on any atom is 0.123 e. The maximum atomic E-state index is 4.50. The van der Waals surface area contributed by atoms with Gasteiger partial charge in [-0.3, -0.25) is 4.90 Å². The van der Waals surface area contributed by atoms with Crippen molar-refractivity contribution in [3.8, 4) is 0 Å². The lowest BCUT2D eigenvalue weighted by Crippen LogP contribution is -2.23. The number of rotatable bonds is 3. The van der Waals surface area contributed by atoms with Crippen molar-refractivity contribution in [1.82, 2.24) is 14.9 Å². The Morgan fingerprint density at radius 2 is 2.33 bits per heavy atom. The van der Waals surface area contributed by atoms with Gasteiger partial charge >= 0.3 is 0 Å². The molecule has 96 valence electrons. The fourth-order valence-corrected chi connectivity index (χ4v) is 3.61. The Labute approximate surface area is 112 Å². The third-order valence-electron chi connectivity index (χ3n) is 3.56. The highest BCUT2D eigenvalue weighted by Gasteiger charge is 2.28. The Balaban J connectivity index is 1.75. The molecular formula is C14H19N3S. The van der Waals surface area contributed by atoms with Gasteiger partial charge in [0.1, 0.15) is 5.82 Å². The Kier molecular flexibility index (Phi) is 3.22. The van der Waals surface area contributed by atoms with E-state index < -0.39 is 0 Å². The third kappa shape index (κ3) is 2.35. The summed E-state index contributed by atoms with van der Waals surface area (Å²) in [6.45, 7) is 6.48. The normalized spacial score (nSPS) is 20.7. The number of hydrogen-bond acceptors (Lipinski definition) is 3. The molecule has 0 amide bonds. The fraction of sp³-hybridized carbons (Fsp3) is 0.500. The predicted molar refractivity (Wildman–Crippen MR) is 74.8 cm³/mol. The van der Waals surface area contributed by atoms with Crippen molar-refractivity contribution in [3.05, 3.63) is 39.6 Å². The molecule has 0 bridgehead atoms. The van der Waals surface area contributed by atoms with Crippen molar-refractivity contribution < 1.29 is 0 Å². The van der Waals surface area contributed by atoms with Gasteiger partial charge in [0.15, 0.2) is 0 Å². The lowest BCUT2D eigenvalue weighted by molar-refractivity contribution is 0.243. The van der Waals surface area contributed by atoms with Crippen LogP contribution in [0, 0.1) is 13.8 Å². The molecule has 1 N–H and O–H groups in total. The molecule has 1 fully saturated rings. The smallest absolute Gasteiger partial charge is 0.123 e. The monoisotopic (exact) mass is 261 g/mol. The largest absolute Gasteiger partial charge is 0.345 e. The molecule has 4 heteroatoms. The Bertz CT molecular complexity index is 529. The molecule has 1 aliphatic heterocycles. The van der Waals surface area contributed by atoms with Crippen molar-refractivity contribution in [2.45, 2.75) is 39.3 Å². The van der Waals surface area contributed by atoms with Gasteiger partial charge in [-0.1, -0.05) is 0 Å². The standard InChI is InChI=1S/C14H19N3S/c1-10-8-15-14(16-10)13-4-3-7-17(13)9-12-6-5-11(2)18-12/h5-6,8,13H,3-4,7,9H2,1-2H3,(H,15,16)/t13-/m0/s1. The second-order valence-corrected chi connectivity index (χ2v) is 6.46. The predicted octanol–water partition coefficient (Wildman–Crippen LogP) is 3.43. The van der Waals surface area contributed by atoms with Crippen molar-refractivity contribution in [1.29, 1.82) is 0 Å². The summed E-state index contributed by atoms with van der Waals surface area (Å²) >= 11 is 1.90. The minimum atomic E-state index is 0.473. The molecule has 1 atom stereocenters. The van der Waals surface area contributed by atoms with Crippen molar-refractivity contribution in [2.75, 3.05) is 6.54 Å². The van der Waals surface area contributed by atoms with Crippen molar-refractivity contribution in [3.63, 3.8) is 0 Å². The van der Waals surface area contributed by atoms with Crippen LogP contribution in [0.5, 0.6) is 0 Å². The summed E-state index contributed by atoms with van der Waals surface area (Å²) in [6.07, 6.45) is 4.42. The molecule has 18 heavy (non-hydrogen) atoms. The number of aromatic nitrogens is 2. The zero-order valence-electron chi connectivity index (χ0n) is 10.9. The van der Waals surface area contributed by atoms with Gasteiger partial charge in [0.05, 0.1) is 6.04 Å². The number of imidazole rings is 1. The van der Waals surface area contributed by atoms with Crippen LogP contribution in [0.1, 0.15) is 40.2 Å². The molecule has 0 unspecified atom stereocenters. The van der Waals surface area contributed by atoms with Crippen LogP contribution in [0.3, 0.4) is 0 Å². The molecule has 0 aromatic carbocycles. The van der Waals surface area contributed by atoms with E-state index in [2.05, 4.69) is 40.8 Å². The van der Waals surface area contributed by atoms with E-state index in [1.807, 2.05) is 17.5 Å². The second-order valence-electron chi connectivity index (χ2n) is 5.09. The molecule has 0 aliphatic carbocycles. The van der Waals surface area contributed by atoms with Gasteiger partial charge in [-0.15, -0.1) is 11.3 Å². The third-order valence-corrected chi connectivity index (χ3v) is 4.54. The second kappa shape index (κ2) is 4.86. The average Bonchev–Trinajstić information content (AvgIpc) is 3.01. The first-order chi connectivity index (χ1) is 8.72. The van der Waals surface area contributed by atoms with Gasteiger partial charge < -0.3 is 4.98 Å². The SMILES string of the molecule is Cc1cnc([C@@H]2CCCN2Cc2ccc(C)s2)[nH]1. The van der Waals surface area contributed by atoms with Crippen LogP contribution in [-0.2, 0) is 6.54 Å². The molecular weight excluding hydrogens is 242 g/mol. The number of aromatic amines is 1. The van der Waals surface area contributed by atoms with E-state index in [0.29, 0.717) is 6.04 Å². The Hall–Kier alpha value is -1.13. The van der Waals surface area contributed by atoms with Crippen molar-refractivity contribution >= 4 is 11.3 Å². The number of aryl methyl sites for hydroxylation is 2. The first kappa shape index (κ1) is 11.9. The van der Waals surface area contributed by atoms with Crippen LogP contribution in [0.15, 0.2) is 18.3 Å². The number of thiophene rings is 1. The molecule has 3 rings (SSSR count). The van der Waals surface area contributed by atoms with Crippen LogP contribution in [0.25, 0.3) is 0 Å². The molecule has 3 nitrogen and oxygen atoms in total. The first-order valence-electron chi connectivity index (χ1n) is 6.53. The summed E-state index contributed by atoms with van der Waals surface area (Å²) in [4.78, 5) is 13.3. The summed E-state index contributed by atoms with van der Waals surface area (Å²) in [5.74, 6) is 1.14. The molecule has 3 heterocycles. The number of likely N-dealkylation sites (tertiary alicyclic amines) is 1. The minimum Gasteiger partial charge on any atom is -0.345 e. The molecule has 2 aromatic heterocycles. The minimum absolute atomic E-state index is 0.473. The lowest BCUT2D eigenvalue weighted by atomic mass is 10.2. The summed E-state index contributed by atoms with van der Waals surface area (Å²) in [5.41, 5.74) is 1.16. The van der Waals surface area contributed by atoms with Gasteiger partial charge in [0.25, 0.3) is 0 Å². The van der Waals surface area contributed by atoms with Gasteiger partial charge in [0, 0.05) is 28.2 Å². The van der Waals surface area contributed by atoms with E-state index in [-0.39, 0.29) is 0 Å². The number of nitrogens with one attached hydrogen (secondary N) is 1. The highest BCUT2D eigenvalue weighted by Crippen LogP contribution is 2.32. The van der Waals surface area contributed by atoms with Crippen molar-refractivity contribution in [2.24, 2.45) is 0 Å². The highest BCUT2D eigenvalue weighted by molar-refractivity contribution is 7.11. The molecule has 1 saturated heterocycles. The zero-order valence-corrected chi connectivity index (χ0v) is 11.8. The number of nitrogens with zero attached hydrogens (tertiary/aromatic N) is 2. The Morgan fingerprint density at radius 1 is 1.44 bits per heavy atom. The summed E-state index contributed by atoms with van der Waals surface area (Å²) < 4.78 is 0. The molecule has 1 aliphatic rings. The molecule has 0 spiro atoms. The summed E-state index contributed by atoms with van der Waals surface area (Å²) in [6, 6.07) is 4.94. The number of hydrogen-bond donors (Lipinski definition) is 1. The lowest BCUT2D eigenvalue weighted by Gasteiger charge is -2.22. The van der Waals surface area contributed by atoms with Crippen LogP contribution in [0.2, 0.25) is 0 Å². The van der Waals surface area contributed by atoms with Gasteiger partial charge in [-0.2, -0.15) is 0 Å². The van der Waals surface area contributed by atoms with Crippen LogP contribution in [0.4, 0.5) is 0 Å². The van der Waals surface area contributed by atoms with Gasteiger partial charge in [0.2, 0.25) is 0 Å². The van der Waals surface area contributed by atoms with Crippen LogP contribution in [-0.4, -0.2) is 21.4 Å². The van der Waals surface area contributed by atoms with E-state index in [1.165, 1.54) is 29.1 Å². The molecule has 0 radical (unpaired) electrons. The van der Waals surface area contributed by atoms with E-state index in [4.69, 9.17) is 0 Å². The summed E-state index contributed by atoms with van der Waals surface area (Å²) in [7, 11) is 0. The summed E-state index contributed by atoms with van der Waals surface area (Å²) in [5, 5.41) is 0. The highest BCUT2D eigenvalue weighted by atomic mass is 32.1. The van der Waals surface area contributed by atoms with Gasteiger partial charge in [-0.05, 0) is 45.4 Å². The fourth-order valence-electron chi connectivity index (χ4n) is 2.70.